The zero-order valence-electron chi connectivity index (χ0n) is 15.2. The Kier molecular flexibility index (Phi) is 6.17. The number of hydrogen-bond donors (Lipinski definition) is 1. The molecule has 0 amide bonds. The summed E-state index contributed by atoms with van der Waals surface area (Å²) in [5, 5.41) is 11.0. The summed E-state index contributed by atoms with van der Waals surface area (Å²) in [5.41, 5.74) is 3.93. The van der Waals surface area contributed by atoms with E-state index in [0.717, 1.165) is 30.8 Å². The fourth-order valence-electron chi connectivity index (χ4n) is 4.86. The van der Waals surface area contributed by atoms with Crippen molar-refractivity contribution < 1.29 is 5.11 Å². The van der Waals surface area contributed by atoms with E-state index in [1.165, 1.54) is 29.7 Å². The van der Waals surface area contributed by atoms with Gasteiger partial charge in [0, 0.05) is 30.1 Å². The Morgan fingerprint density at radius 1 is 1.15 bits per heavy atom. The van der Waals surface area contributed by atoms with Crippen LogP contribution in [0.25, 0.3) is 0 Å². The highest BCUT2D eigenvalue weighted by molar-refractivity contribution is 6.30. The summed E-state index contributed by atoms with van der Waals surface area (Å²) in [4.78, 5) is 2.69. The molecule has 2 aromatic rings. The molecule has 0 saturated carbocycles. The van der Waals surface area contributed by atoms with Crippen LogP contribution in [0, 0.1) is 5.92 Å². The van der Waals surface area contributed by atoms with Gasteiger partial charge in [-0.25, -0.2) is 0 Å². The van der Waals surface area contributed by atoms with Crippen molar-refractivity contribution in [3.63, 3.8) is 0 Å². The van der Waals surface area contributed by atoms with Gasteiger partial charge >= 0.3 is 0 Å². The van der Waals surface area contributed by atoms with Crippen LogP contribution in [0.2, 0.25) is 5.02 Å². The normalized spacial score (nSPS) is 25.1. The maximum Gasteiger partial charge on any atom is 0.119 e. The van der Waals surface area contributed by atoms with Gasteiger partial charge in [0.25, 0.3) is 0 Å². The summed E-state index contributed by atoms with van der Waals surface area (Å²) in [6.45, 7) is 4.65. The Bertz CT molecular complexity index is 746. The van der Waals surface area contributed by atoms with Gasteiger partial charge in [-0.1, -0.05) is 42.8 Å². The number of fused-ring (bicyclic) bond motifs is 3. The first-order valence-corrected chi connectivity index (χ1v) is 9.79. The van der Waals surface area contributed by atoms with Gasteiger partial charge in [0.15, 0.2) is 0 Å². The molecule has 1 saturated heterocycles. The summed E-state index contributed by atoms with van der Waals surface area (Å²) < 4.78 is 0. The van der Waals surface area contributed by atoms with Crippen LogP contribution in [-0.4, -0.2) is 29.1 Å². The van der Waals surface area contributed by atoms with E-state index >= 15 is 0 Å². The summed E-state index contributed by atoms with van der Waals surface area (Å²) in [5.74, 6) is 1.74. The van der Waals surface area contributed by atoms with E-state index in [1.807, 2.05) is 24.3 Å². The largest absolute Gasteiger partial charge is 0.508 e. The minimum atomic E-state index is 0. The molecule has 1 aliphatic carbocycles. The van der Waals surface area contributed by atoms with Crippen molar-refractivity contribution in [1.29, 1.82) is 0 Å². The van der Waals surface area contributed by atoms with Crippen molar-refractivity contribution in [1.82, 2.24) is 4.90 Å². The van der Waals surface area contributed by atoms with Gasteiger partial charge in [-0.05, 0) is 66.5 Å². The van der Waals surface area contributed by atoms with Gasteiger partial charge in [-0.15, -0.1) is 12.4 Å². The third-order valence-corrected chi connectivity index (χ3v) is 6.27. The van der Waals surface area contributed by atoms with Crippen molar-refractivity contribution in [3.05, 3.63) is 64.2 Å². The molecule has 2 aromatic carbocycles. The van der Waals surface area contributed by atoms with E-state index < -0.39 is 0 Å². The Hall–Kier alpha value is -1.22. The molecule has 4 heteroatoms. The lowest BCUT2D eigenvalue weighted by atomic mass is 9.71. The molecule has 1 heterocycles. The second kappa shape index (κ2) is 8.21. The summed E-state index contributed by atoms with van der Waals surface area (Å²) in [6.07, 6.45) is 4.45. The number of aromatic hydroxyl groups is 1. The average molecular weight is 392 g/mol. The van der Waals surface area contributed by atoms with E-state index in [1.54, 1.807) is 0 Å². The predicted octanol–water partition coefficient (Wildman–Crippen LogP) is 5.45. The van der Waals surface area contributed by atoms with Crippen LogP contribution in [0.3, 0.4) is 0 Å². The smallest absolute Gasteiger partial charge is 0.119 e. The second-order valence-corrected chi connectivity index (χ2v) is 8.21. The van der Waals surface area contributed by atoms with Crippen molar-refractivity contribution >= 4 is 24.0 Å². The number of rotatable bonds is 3. The monoisotopic (exact) mass is 391 g/mol. The molecular formula is C22H27Cl2NO. The lowest BCUT2D eigenvalue weighted by molar-refractivity contribution is 0.0819. The third-order valence-electron chi connectivity index (χ3n) is 6.01. The molecule has 1 N–H and O–H groups in total. The second-order valence-electron chi connectivity index (χ2n) is 7.77. The maximum absolute atomic E-state index is 10.2. The Morgan fingerprint density at radius 3 is 2.69 bits per heavy atom. The number of piperidine rings is 1. The number of benzene rings is 2. The summed E-state index contributed by atoms with van der Waals surface area (Å²) >= 11 is 6.00. The number of hydrogen-bond acceptors (Lipinski definition) is 2. The van der Waals surface area contributed by atoms with E-state index in [0.29, 0.717) is 23.6 Å². The molecule has 26 heavy (non-hydrogen) atoms. The maximum atomic E-state index is 10.2. The quantitative estimate of drug-likeness (QED) is 0.751. The molecule has 2 nitrogen and oxygen atoms in total. The number of phenols is 1. The Balaban J connectivity index is 0.00000196. The number of likely N-dealkylation sites (tertiary alicyclic amines) is 1. The zero-order chi connectivity index (χ0) is 17.4. The van der Waals surface area contributed by atoms with Crippen LogP contribution in [0.15, 0.2) is 42.5 Å². The molecule has 1 aliphatic heterocycles. The zero-order valence-corrected chi connectivity index (χ0v) is 16.8. The van der Waals surface area contributed by atoms with E-state index in [2.05, 4.69) is 30.0 Å². The van der Waals surface area contributed by atoms with E-state index in [-0.39, 0.29) is 12.4 Å². The van der Waals surface area contributed by atoms with Gasteiger partial charge < -0.3 is 5.11 Å². The van der Waals surface area contributed by atoms with E-state index in [9.17, 15) is 5.11 Å². The topological polar surface area (TPSA) is 23.5 Å². The highest BCUT2D eigenvalue weighted by Gasteiger charge is 2.39. The minimum absolute atomic E-state index is 0. The fraction of sp³-hybridized carbons (Fsp3) is 0.455. The molecule has 140 valence electrons. The molecule has 0 aromatic heterocycles. The molecule has 1 fully saturated rings. The molecule has 3 atom stereocenters. The molecule has 0 radical (unpaired) electrons. The Labute approximate surface area is 167 Å². The summed E-state index contributed by atoms with van der Waals surface area (Å²) in [6, 6.07) is 14.9. The number of phenolic OH excluding ortho intramolecular Hbond substituents is 1. The average Bonchev–Trinajstić information content (AvgIpc) is 2.61. The lowest BCUT2D eigenvalue weighted by Gasteiger charge is -2.47. The fourth-order valence-corrected chi connectivity index (χ4v) is 4.98. The SMILES string of the molecule is CC1CC2c3cccc(O)c3CCC2N(CCc2ccc(Cl)cc2)C1.Cl. The van der Waals surface area contributed by atoms with Gasteiger partial charge in [0.05, 0.1) is 0 Å². The number of halogens is 2. The minimum Gasteiger partial charge on any atom is -0.508 e. The molecule has 3 unspecified atom stereocenters. The van der Waals surface area contributed by atoms with Crippen LogP contribution in [0.5, 0.6) is 5.75 Å². The van der Waals surface area contributed by atoms with Crippen molar-refractivity contribution in [2.24, 2.45) is 5.92 Å². The van der Waals surface area contributed by atoms with Crippen LogP contribution in [0.4, 0.5) is 0 Å². The highest BCUT2D eigenvalue weighted by Crippen LogP contribution is 2.44. The van der Waals surface area contributed by atoms with Gasteiger partial charge in [-0.3, -0.25) is 4.90 Å². The van der Waals surface area contributed by atoms with Gasteiger partial charge in [0.2, 0.25) is 0 Å². The van der Waals surface area contributed by atoms with Crippen molar-refractivity contribution in [2.45, 2.75) is 44.6 Å². The van der Waals surface area contributed by atoms with Crippen molar-refractivity contribution in [2.75, 3.05) is 13.1 Å². The van der Waals surface area contributed by atoms with Gasteiger partial charge in [-0.2, -0.15) is 0 Å². The third kappa shape index (κ3) is 3.88. The van der Waals surface area contributed by atoms with E-state index in [4.69, 9.17) is 11.6 Å². The first kappa shape index (κ1) is 19.5. The Morgan fingerprint density at radius 2 is 1.92 bits per heavy atom. The van der Waals surface area contributed by atoms with Crippen molar-refractivity contribution in [3.8, 4) is 5.75 Å². The highest BCUT2D eigenvalue weighted by atomic mass is 35.5. The first-order chi connectivity index (χ1) is 12.1. The van der Waals surface area contributed by atoms with Crippen LogP contribution in [-0.2, 0) is 12.8 Å². The molecule has 4 rings (SSSR count). The molecule has 0 spiro atoms. The molecule has 0 bridgehead atoms. The molecule has 2 aliphatic rings. The predicted molar refractivity (Wildman–Crippen MR) is 111 cm³/mol. The first-order valence-electron chi connectivity index (χ1n) is 9.41. The van der Waals surface area contributed by atoms with Crippen LogP contribution >= 0.6 is 24.0 Å². The summed E-state index contributed by atoms with van der Waals surface area (Å²) in [7, 11) is 0. The van der Waals surface area contributed by atoms with Crippen LogP contribution < -0.4 is 0 Å². The standard InChI is InChI=1S/C22H26ClNO.ClH/c1-15-13-20-18-3-2-4-22(25)19(18)9-10-21(20)24(14-15)12-11-16-5-7-17(23)8-6-16;/h2-8,15,20-21,25H,9-14H2,1H3;1H. The van der Waals surface area contributed by atoms with Gasteiger partial charge in [0.1, 0.15) is 5.75 Å². The number of nitrogens with zero attached hydrogens (tertiary/aromatic N) is 1. The molecular weight excluding hydrogens is 365 g/mol. The van der Waals surface area contributed by atoms with Crippen LogP contribution in [0.1, 0.15) is 42.4 Å². The lowest BCUT2D eigenvalue weighted by Crippen LogP contribution is -2.49.